The normalized spacial score (nSPS) is 15.7. The van der Waals surface area contributed by atoms with E-state index in [1.165, 1.54) is 6.07 Å². The monoisotopic (exact) mass is 291 g/mol. The van der Waals surface area contributed by atoms with Gasteiger partial charge in [-0.15, -0.1) is 0 Å². The van der Waals surface area contributed by atoms with Crippen molar-refractivity contribution in [2.75, 3.05) is 26.7 Å². The maximum atomic E-state index is 12.2. The minimum absolute atomic E-state index is 0.0149. The van der Waals surface area contributed by atoms with Crippen LogP contribution < -0.4 is 5.32 Å². The Morgan fingerprint density at radius 1 is 1.38 bits per heavy atom. The molecule has 1 amide bonds. The highest BCUT2D eigenvalue weighted by Crippen LogP contribution is 2.19. The van der Waals surface area contributed by atoms with E-state index in [0.29, 0.717) is 11.5 Å². The van der Waals surface area contributed by atoms with Crippen molar-refractivity contribution >= 4 is 11.6 Å². The van der Waals surface area contributed by atoms with Gasteiger partial charge in [-0.25, -0.2) is 0 Å². The molecule has 0 saturated carbocycles. The van der Waals surface area contributed by atoms with Gasteiger partial charge in [0.15, 0.2) is 0 Å². The Morgan fingerprint density at radius 2 is 2.05 bits per heavy atom. The highest BCUT2D eigenvalue weighted by atomic mass is 16.6. The lowest BCUT2D eigenvalue weighted by molar-refractivity contribution is -0.385. The van der Waals surface area contributed by atoms with Crippen LogP contribution in [0.25, 0.3) is 0 Å². The SMILES string of the molecule is CN(CC1CCNCC1)C(=O)Cc1ccccc1[N+](=O)[O-]. The molecule has 1 aliphatic heterocycles. The van der Waals surface area contributed by atoms with Crippen LogP contribution in [-0.2, 0) is 11.2 Å². The lowest BCUT2D eigenvalue weighted by Crippen LogP contribution is -2.37. The Labute approximate surface area is 124 Å². The molecule has 0 unspecified atom stereocenters. The first-order valence-electron chi connectivity index (χ1n) is 7.25. The first kappa shape index (κ1) is 15.4. The lowest BCUT2D eigenvalue weighted by atomic mass is 9.97. The van der Waals surface area contributed by atoms with E-state index >= 15 is 0 Å². The Morgan fingerprint density at radius 3 is 2.71 bits per heavy atom. The van der Waals surface area contributed by atoms with Crippen molar-refractivity contribution in [3.8, 4) is 0 Å². The molecule has 1 aromatic rings. The Bertz CT molecular complexity index is 513. The quantitative estimate of drug-likeness (QED) is 0.660. The maximum absolute atomic E-state index is 12.2. The molecule has 6 nitrogen and oxygen atoms in total. The lowest BCUT2D eigenvalue weighted by Gasteiger charge is -2.27. The van der Waals surface area contributed by atoms with Crippen LogP contribution in [0.1, 0.15) is 18.4 Å². The molecule has 1 fully saturated rings. The number of rotatable bonds is 5. The molecular weight excluding hydrogens is 270 g/mol. The van der Waals surface area contributed by atoms with Gasteiger partial charge in [-0.1, -0.05) is 18.2 Å². The van der Waals surface area contributed by atoms with E-state index in [1.807, 2.05) is 0 Å². The summed E-state index contributed by atoms with van der Waals surface area (Å²) in [5, 5.41) is 14.3. The van der Waals surface area contributed by atoms with Gasteiger partial charge in [0, 0.05) is 25.2 Å². The first-order valence-corrected chi connectivity index (χ1v) is 7.25. The van der Waals surface area contributed by atoms with Crippen LogP contribution in [0.2, 0.25) is 0 Å². The number of nitro benzene ring substituents is 1. The molecule has 1 saturated heterocycles. The molecule has 1 heterocycles. The summed E-state index contributed by atoms with van der Waals surface area (Å²) in [6.07, 6.45) is 2.23. The van der Waals surface area contributed by atoms with Gasteiger partial charge in [0.1, 0.15) is 0 Å². The number of nitrogens with one attached hydrogen (secondary N) is 1. The summed E-state index contributed by atoms with van der Waals surface area (Å²) >= 11 is 0. The topological polar surface area (TPSA) is 75.5 Å². The average Bonchev–Trinajstić information content (AvgIpc) is 2.48. The molecular formula is C15H21N3O3. The number of hydrogen-bond acceptors (Lipinski definition) is 4. The van der Waals surface area contributed by atoms with Gasteiger partial charge in [0.05, 0.1) is 11.3 Å². The molecule has 1 aromatic carbocycles. The van der Waals surface area contributed by atoms with E-state index in [0.717, 1.165) is 32.5 Å². The number of carbonyl (C=O) groups excluding carboxylic acids is 1. The van der Waals surface area contributed by atoms with Gasteiger partial charge in [0.25, 0.3) is 5.69 Å². The summed E-state index contributed by atoms with van der Waals surface area (Å²) < 4.78 is 0. The van der Waals surface area contributed by atoms with Gasteiger partial charge >= 0.3 is 0 Å². The second-order valence-corrected chi connectivity index (χ2v) is 5.53. The average molecular weight is 291 g/mol. The van der Waals surface area contributed by atoms with E-state index in [-0.39, 0.29) is 18.0 Å². The van der Waals surface area contributed by atoms with Crippen LogP contribution in [0.15, 0.2) is 24.3 Å². The third kappa shape index (κ3) is 4.26. The molecule has 2 rings (SSSR count). The van der Waals surface area contributed by atoms with Crippen LogP contribution in [0.3, 0.4) is 0 Å². The molecule has 0 spiro atoms. The summed E-state index contributed by atoms with van der Waals surface area (Å²) in [5.74, 6) is 0.453. The third-order valence-corrected chi connectivity index (χ3v) is 3.95. The van der Waals surface area contributed by atoms with E-state index < -0.39 is 4.92 Å². The van der Waals surface area contributed by atoms with Crippen molar-refractivity contribution in [2.24, 2.45) is 5.92 Å². The predicted molar refractivity (Wildman–Crippen MR) is 80.0 cm³/mol. The molecule has 114 valence electrons. The van der Waals surface area contributed by atoms with Gasteiger partial charge in [0.2, 0.25) is 5.91 Å². The number of benzene rings is 1. The number of amides is 1. The summed E-state index contributed by atoms with van der Waals surface area (Å²) in [6, 6.07) is 6.43. The predicted octanol–water partition coefficient (Wildman–Crippen LogP) is 1.60. The molecule has 0 bridgehead atoms. The van der Waals surface area contributed by atoms with Crippen molar-refractivity contribution < 1.29 is 9.72 Å². The number of likely N-dealkylation sites (N-methyl/N-ethyl adjacent to an activating group) is 1. The fourth-order valence-electron chi connectivity index (χ4n) is 2.69. The summed E-state index contributed by atoms with van der Waals surface area (Å²) in [6.45, 7) is 2.72. The molecule has 21 heavy (non-hydrogen) atoms. The highest BCUT2D eigenvalue weighted by molar-refractivity contribution is 5.79. The second kappa shape index (κ2) is 7.17. The molecule has 1 aliphatic rings. The summed E-state index contributed by atoms with van der Waals surface area (Å²) in [7, 11) is 1.78. The van der Waals surface area contributed by atoms with E-state index in [2.05, 4.69) is 5.32 Å². The fourth-order valence-corrected chi connectivity index (χ4v) is 2.69. The minimum Gasteiger partial charge on any atom is -0.345 e. The van der Waals surface area contributed by atoms with Crippen LogP contribution in [0.5, 0.6) is 0 Å². The van der Waals surface area contributed by atoms with Crippen LogP contribution in [0.4, 0.5) is 5.69 Å². The van der Waals surface area contributed by atoms with Crippen molar-refractivity contribution in [3.63, 3.8) is 0 Å². The number of hydrogen-bond donors (Lipinski definition) is 1. The number of para-hydroxylation sites is 1. The molecule has 0 aliphatic carbocycles. The largest absolute Gasteiger partial charge is 0.345 e. The van der Waals surface area contributed by atoms with Gasteiger partial charge < -0.3 is 10.2 Å². The van der Waals surface area contributed by atoms with Crippen molar-refractivity contribution in [1.82, 2.24) is 10.2 Å². The highest BCUT2D eigenvalue weighted by Gasteiger charge is 2.21. The van der Waals surface area contributed by atoms with Crippen LogP contribution in [-0.4, -0.2) is 42.4 Å². The van der Waals surface area contributed by atoms with E-state index in [9.17, 15) is 14.9 Å². The maximum Gasteiger partial charge on any atom is 0.273 e. The molecule has 0 aromatic heterocycles. The Kier molecular flexibility index (Phi) is 5.27. The number of piperidine rings is 1. The molecule has 6 heteroatoms. The van der Waals surface area contributed by atoms with Gasteiger partial charge in [-0.2, -0.15) is 0 Å². The minimum atomic E-state index is -0.435. The van der Waals surface area contributed by atoms with E-state index in [4.69, 9.17) is 0 Å². The standard InChI is InChI=1S/C15H21N3O3/c1-17(11-12-6-8-16-9-7-12)15(19)10-13-4-2-3-5-14(13)18(20)21/h2-5,12,16H,6-11H2,1H3. The first-order chi connectivity index (χ1) is 10.1. The molecule has 1 N–H and O–H groups in total. The van der Waals surface area contributed by atoms with Gasteiger partial charge in [-0.05, 0) is 31.8 Å². The van der Waals surface area contributed by atoms with Gasteiger partial charge in [-0.3, -0.25) is 14.9 Å². The summed E-state index contributed by atoms with van der Waals surface area (Å²) in [5.41, 5.74) is 0.491. The zero-order valence-corrected chi connectivity index (χ0v) is 12.2. The smallest absolute Gasteiger partial charge is 0.273 e. The molecule has 0 atom stereocenters. The van der Waals surface area contributed by atoms with Crippen molar-refractivity contribution in [1.29, 1.82) is 0 Å². The number of nitro groups is 1. The zero-order chi connectivity index (χ0) is 15.2. The van der Waals surface area contributed by atoms with Crippen molar-refractivity contribution in [3.05, 3.63) is 39.9 Å². The third-order valence-electron chi connectivity index (χ3n) is 3.95. The molecule has 0 radical (unpaired) electrons. The van der Waals surface area contributed by atoms with Crippen LogP contribution in [0, 0.1) is 16.0 Å². The second-order valence-electron chi connectivity index (χ2n) is 5.53. The Hall–Kier alpha value is -1.95. The van der Waals surface area contributed by atoms with Crippen LogP contribution >= 0.6 is 0 Å². The zero-order valence-electron chi connectivity index (χ0n) is 12.2. The fraction of sp³-hybridized carbons (Fsp3) is 0.533. The Balaban J connectivity index is 1.95. The van der Waals surface area contributed by atoms with E-state index in [1.54, 1.807) is 30.1 Å². The number of carbonyl (C=O) groups is 1. The summed E-state index contributed by atoms with van der Waals surface area (Å²) in [4.78, 5) is 24.5. The van der Waals surface area contributed by atoms with Crippen molar-refractivity contribution in [2.45, 2.75) is 19.3 Å². The number of nitrogens with zero attached hydrogens (tertiary/aromatic N) is 2.